The van der Waals surface area contributed by atoms with Crippen molar-refractivity contribution in [1.29, 1.82) is 0 Å². The molecule has 0 radical (unpaired) electrons. The quantitative estimate of drug-likeness (QED) is 0.809. The highest BCUT2D eigenvalue weighted by Crippen LogP contribution is 2.34. The third-order valence-corrected chi connectivity index (χ3v) is 4.00. The van der Waals surface area contributed by atoms with Crippen molar-refractivity contribution in [2.75, 3.05) is 26.7 Å². The van der Waals surface area contributed by atoms with E-state index >= 15 is 0 Å². The largest absolute Gasteiger partial charge is 0.316 e. The molecule has 18 heavy (non-hydrogen) atoms. The monoisotopic (exact) mass is 250 g/mol. The molecule has 2 atom stereocenters. The van der Waals surface area contributed by atoms with Crippen LogP contribution in [0, 0.1) is 5.92 Å². The Morgan fingerprint density at radius 1 is 1.44 bits per heavy atom. The van der Waals surface area contributed by atoms with Gasteiger partial charge in [-0.15, -0.1) is 0 Å². The Balaban J connectivity index is 2.08. The number of rotatable bonds is 5. The molecule has 1 saturated heterocycles. The Hall–Kier alpha value is -0.870. The Bertz CT molecular complexity index is 360. The second-order valence-corrected chi connectivity index (χ2v) is 5.41. The molecule has 4 heteroatoms. The van der Waals surface area contributed by atoms with Crippen molar-refractivity contribution in [3.8, 4) is 0 Å². The zero-order valence-electron chi connectivity index (χ0n) is 11.9. The summed E-state index contributed by atoms with van der Waals surface area (Å²) in [5, 5.41) is 7.91. The number of piperidine rings is 1. The summed E-state index contributed by atoms with van der Waals surface area (Å²) >= 11 is 0. The number of hydrogen-bond donors (Lipinski definition) is 1. The molecule has 0 bridgehead atoms. The van der Waals surface area contributed by atoms with Crippen LogP contribution in [0.4, 0.5) is 0 Å². The molecule has 1 aromatic heterocycles. The van der Waals surface area contributed by atoms with Crippen LogP contribution in [0.15, 0.2) is 12.3 Å². The molecular weight excluding hydrogens is 224 g/mol. The fourth-order valence-electron chi connectivity index (χ4n) is 3.08. The average Bonchev–Trinajstić information content (AvgIpc) is 2.76. The number of hydrogen-bond acceptors (Lipinski definition) is 3. The Morgan fingerprint density at radius 2 is 2.28 bits per heavy atom. The van der Waals surface area contributed by atoms with Crippen molar-refractivity contribution >= 4 is 0 Å². The fraction of sp³-hybridized carbons (Fsp3) is 0.786. The maximum absolute atomic E-state index is 4.33. The summed E-state index contributed by atoms with van der Waals surface area (Å²) in [5.74, 6) is 0.700. The van der Waals surface area contributed by atoms with Crippen LogP contribution in [-0.4, -0.2) is 41.4 Å². The van der Waals surface area contributed by atoms with Gasteiger partial charge in [-0.25, -0.2) is 0 Å². The molecule has 0 saturated carbocycles. The summed E-state index contributed by atoms with van der Waals surface area (Å²) in [4.78, 5) is 2.48. The van der Waals surface area contributed by atoms with Crippen LogP contribution in [0.2, 0.25) is 0 Å². The summed E-state index contributed by atoms with van der Waals surface area (Å²) in [6.07, 6.45) is 5.74. The van der Waals surface area contributed by atoms with Crippen LogP contribution in [0.5, 0.6) is 0 Å². The van der Waals surface area contributed by atoms with Crippen LogP contribution < -0.4 is 5.32 Å². The molecule has 2 unspecified atom stereocenters. The van der Waals surface area contributed by atoms with E-state index in [9.17, 15) is 0 Å². The third kappa shape index (κ3) is 2.93. The highest BCUT2D eigenvalue weighted by Gasteiger charge is 2.31. The first-order valence-corrected chi connectivity index (χ1v) is 7.13. The number of nitrogens with one attached hydrogen (secondary N) is 1. The molecule has 1 aliphatic heterocycles. The van der Waals surface area contributed by atoms with Crippen LogP contribution in [0.3, 0.4) is 0 Å². The van der Waals surface area contributed by atoms with Crippen LogP contribution in [0.1, 0.15) is 37.9 Å². The van der Waals surface area contributed by atoms with E-state index in [1.807, 2.05) is 17.9 Å². The van der Waals surface area contributed by atoms with Gasteiger partial charge in [0.15, 0.2) is 0 Å². The summed E-state index contributed by atoms with van der Waals surface area (Å²) in [7, 11) is 4.29. The second-order valence-electron chi connectivity index (χ2n) is 5.41. The van der Waals surface area contributed by atoms with E-state index in [-0.39, 0.29) is 0 Å². The minimum atomic E-state index is 0.510. The van der Waals surface area contributed by atoms with Gasteiger partial charge in [-0.05, 0) is 57.9 Å². The molecule has 0 aromatic carbocycles. The Labute approximate surface area is 110 Å². The fourth-order valence-corrected chi connectivity index (χ4v) is 3.08. The molecule has 4 nitrogen and oxygen atoms in total. The van der Waals surface area contributed by atoms with E-state index in [1.165, 1.54) is 31.5 Å². The van der Waals surface area contributed by atoms with E-state index in [0.29, 0.717) is 12.0 Å². The normalized spacial score (nSPS) is 25.5. The zero-order valence-corrected chi connectivity index (χ0v) is 11.9. The molecule has 2 heterocycles. The molecule has 0 aliphatic carbocycles. The van der Waals surface area contributed by atoms with Gasteiger partial charge in [-0.1, -0.05) is 6.92 Å². The minimum absolute atomic E-state index is 0.510. The first kappa shape index (κ1) is 13.6. The number of aromatic nitrogens is 2. The molecule has 1 aromatic rings. The van der Waals surface area contributed by atoms with Crippen molar-refractivity contribution in [3.05, 3.63) is 18.0 Å². The summed E-state index contributed by atoms with van der Waals surface area (Å²) < 4.78 is 2.03. The van der Waals surface area contributed by atoms with Gasteiger partial charge in [0.25, 0.3) is 0 Å². The standard InChI is InChI=1S/C14H26N4/c1-4-8-15-11-12-6-5-10-17(2)14(12)13-7-9-16-18(13)3/h7,9,12,14-15H,4-6,8,10-11H2,1-3H3. The highest BCUT2D eigenvalue weighted by molar-refractivity contribution is 5.10. The number of aryl methyl sites for hydroxylation is 1. The van der Waals surface area contributed by atoms with Crippen LogP contribution in [0.25, 0.3) is 0 Å². The van der Waals surface area contributed by atoms with Crippen molar-refractivity contribution in [3.63, 3.8) is 0 Å². The SMILES string of the molecule is CCCNCC1CCCN(C)C1c1ccnn1C. The lowest BCUT2D eigenvalue weighted by Crippen LogP contribution is -2.41. The second kappa shape index (κ2) is 6.34. The molecule has 0 spiro atoms. The first-order chi connectivity index (χ1) is 8.74. The van der Waals surface area contributed by atoms with Gasteiger partial charge in [0.2, 0.25) is 0 Å². The Morgan fingerprint density at radius 3 is 2.94 bits per heavy atom. The van der Waals surface area contributed by atoms with Gasteiger partial charge in [0, 0.05) is 13.2 Å². The van der Waals surface area contributed by atoms with Gasteiger partial charge in [-0.3, -0.25) is 9.58 Å². The van der Waals surface area contributed by atoms with Gasteiger partial charge >= 0.3 is 0 Å². The van der Waals surface area contributed by atoms with E-state index in [0.717, 1.165) is 13.1 Å². The highest BCUT2D eigenvalue weighted by atomic mass is 15.3. The lowest BCUT2D eigenvalue weighted by atomic mass is 9.87. The van der Waals surface area contributed by atoms with E-state index in [2.05, 4.69) is 35.4 Å². The number of nitrogens with zero attached hydrogens (tertiary/aromatic N) is 3. The van der Waals surface area contributed by atoms with Crippen LogP contribution in [-0.2, 0) is 7.05 Å². The van der Waals surface area contributed by atoms with Crippen molar-refractivity contribution in [2.24, 2.45) is 13.0 Å². The molecular formula is C14H26N4. The molecule has 102 valence electrons. The van der Waals surface area contributed by atoms with Gasteiger partial charge < -0.3 is 5.32 Å². The summed E-state index contributed by atoms with van der Waals surface area (Å²) in [6.45, 7) is 5.66. The molecule has 0 amide bonds. The maximum atomic E-state index is 4.33. The predicted molar refractivity (Wildman–Crippen MR) is 74.5 cm³/mol. The first-order valence-electron chi connectivity index (χ1n) is 7.13. The molecule has 1 fully saturated rings. The Kier molecular flexibility index (Phi) is 4.78. The predicted octanol–water partition coefficient (Wildman–Crippen LogP) is 1.80. The van der Waals surface area contributed by atoms with Crippen molar-refractivity contribution < 1.29 is 0 Å². The van der Waals surface area contributed by atoms with Crippen molar-refractivity contribution in [2.45, 2.75) is 32.2 Å². The lowest BCUT2D eigenvalue weighted by Gasteiger charge is -2.39. The summed E-state index contributed by atoms with van der Waals surface area (Å²) in [6, 6.07) is 2.68. The topological polar surface area (TPSA) is 33.1 Å². The molecule has 1 N–H and O–H groups in total. The van der Waals surface area contributed by atoms with Crippen molar-refractivity contribution in [1.82, 2.24) is 20.0 Å². The van der Waals surface area contributed by atoms with E-state index < -0.39 is 0 Å². The van der Waals surface area contributed by atoms with E-state index in [4.69, 9.17) is 0 Å². The maximum Gasteiger partial charge on any atom is 0.0555 e. The van der Waals surface area contributed by atoms with Gasteiger partial charge in [0.1, 0.15) is 0 Å². The third-order valence-electron chi connectivity index (χ3n) is 4.00. The van der Waals surface area contributed by atoms with E-state index in [1.54, 1.807) is 0 Å². The van der Waals surface area contributed by atoms with Gasteiger partial charge in [-0.2, -0.15) is 5.10 Å². The summed E-state index contributed by atoms with van der Waals surface area (Å²) in [5.41, 5.74) is 1.35. The minimum Gasteiger partial charge on any atom is -0.316 e. The van der Waals surface area contributed by atoms with Crippen LogP contribution >= 0.6 is 0 Å². The smallest absolute Gasteiger partial charge is 0.0555 e. The zero-order chi connectivity index (χ0) is 13.0. The lowest BCUT2D eigenvalue weighted by molar-refractivity contribution is 0.113. The molecule has 2 rings (SSSR count). The van der Waals surface area contributed by atoms with Gasteiger partial charge in [0.05, 0.1) is 11.7 Å². The molecule has 1 aliphatic rings. The number of likely N-dealkylation sites (tertiary alicyclic amines) is 1. The average molecular weight is 250 g/mol.